The van der Waals surface area contributed by atoms with Crippen molar-refractivity contribution >= 4 is 27.5 Å². The summed E-state index contributed by atoms with van der Waals surface area (Å²) in [4.78, 5) is 35.3. The van der Waals surface area contributed by atoms with Crippen molar-refractivity contribution in [3.05, 3.63) is 57.5 Å². The highest BCUT2D eigenvalue weighted by Crippen LogP contribution is 2.41. The van der Waals surface area contributed by atoms with Crippen LogP contribution in [-0.4, -0.2) is 40.0 Å². The molecule has 0 radical (unpaired) electrons. The van der Waals surface area contributed by atoms with Crippen molar-refractivity contribution in [2.45, 2.75) is 25.9 Å². The van der Waals surface area contributed by atoms with Gasteiger partial charge in [0.05, 0.1) is 16.6 Å². The molecule has 1 saturated carbocycles. The van der Waals surface area contributed by atoms with E-state index in [1.807, 2.05) is 42.2 Å². The number of amides is 1. The molecule has 0 spiro atoms. The Morgan fingerprint density at radius 1 is 1.25 bits per heavy atom. The number of aromatic nitrogens is 2. The van der Waals surface area contributed by atoms with Gasteiger partial charge in [0.1, 0.15) is 16.7 Å². The summed E-state index contributed by atoms with van der Waals surface area (Å²) in [6, 6.07) is 9.90. The molecule has 1 saturated heterocycles. The Labute approximate surface area is 166 Å². The highest BCUT2D eigenvalue weighted by Gasteiger charge is 2.45. The van der Waals surface area contributed by atoms with Gasteiger partial charge in [-0.15, -0.1) is 11.3 Å². The smallest absolute Gasteiger partial charge is 0.264 e. The summed E-state index contributed by atoms with van der Waals surface area (Å²) in [5.74, 6) is 1.74. The maximum atomic E-state index is 13.2. The Hall–Kier alpha value is -2.67. The van der Waals surface area contributed by atoms with Crippen LogP contribution >= 0.6 is 11.3 Å². The Balaban J connectivity index is 1.36. The molecule has 0 unspecified atom stereocenters. The topological polar surface area (TPSA) is 75.3 Å². The summed E-state index contributed by atoms with van der Waals surface area (Å²) < 4.78 is 6.22. The largest absolute Gasteiger partial charge is 0.490 e. The SMILES string of the molecule is Cc1c(C(=O)N2C[C@@H]3CC[C@H](Oc4ccccc4)[C@@H]3C2)sc2nc[nH]c(=O)c12. The van der Waals surface area contributed by atoms with Crippen molar-refractivity contribution in [2.75, 3.05) is 13.1 Å². The standard InChI is InChI=1S/C21H21N3O3S/c1-12-17-19(25)22-11-23-20(17)28-18(12)21(26)24-9-13-7-8-16(15(13)10-24)27-14-5-3-2-4-6-14/h2-6,11,13,15-16H,7-10H2,1H3,(H,22,23,25)/t13-,15+,16-/m0/s1. The van der Waals surface area contributed by atoms with Gasteiger partial charge >= 0.3 is 0 Å². The van der Waals surface area contributed by atoms with E-state index in [0.717, 1.165) is 30.7 Å². The third kappa shape index (κ3) is 2.81. The fraction of sp³-hybridized carbons (Fsp3) is 0.381. The molecule has 3 atom stereocenters. The molecule has 3 heterocycles. The van der Waals surface area contributed by atoms with Crippen molar-refractivity contribution in [1.82, 2.24) is 14.9 Å². The summed E-state index contributed by atoms with van der Waals surface area (Å²) in [6.07, 6.45) is 3.66. The van der Waals surface area contributed by atoms with E-state index in [2.05, 4.69) is 9.97 Å². The van der Waals surface area contributed by atoms with Gasteiger partial charge in [0.25, 0.3) is 11.5 Å². The number of likely N-dealkylation sites (tertiary alicyclic amines) is 1. The van der Waals surface area contributed by atoms with E-state index in [1.54, 1.807) is 0 Å². The van der Waals surface area contributed by atoms with E-state index < -0.39 is 0 Å². The van der Waals surface area contributed by atoms with Gasteiger partial charge in [-0.25, -0.2) is 4.98 Å². The summed E-state index contributed by atoms with van der Waals surface area (Å²) in [5.41, 5.74) is 0.543. The molecule has 1 amide bonds. The number of nitrogens with one attached hydrogen (secondary N) is 1. The molecule has 6 nitrogen and oxygen atoms in total. The minimum atomic E-state index is -0.188. The zero-order valence-electron chi connectivity index (χ0n) is 15.6. The average molecular weight is 395 g/mol. The number of aromatic amines is 1. The first-order valence-corrected chi connectivity index (χ1v) is 10.4. The lowest BCUT2D eigenvalue weighted by Gasteiger charge is -2.22. The maximum Gasteiger partial charge on any atom is 0.264 e. The Bertz CT molecular complexity index is 1090. The summed E-state index contributed by atoms with van der Waals surface area (Å²) >= 11 is 1.31. The number of H-pyrrole nitrogens is 1. The van der Waals surface area contributed by atoms with Gasteiger partial charge in [-0.2, -0.15) is 0 Å². The van der Waals surface area contributed by atoms with Gasteiger partial charge < -0.3 is 14.6 Å². The molecule has 5 rings (SSSR count). The van der Waals surface area contributed by atoms with E-state index in [9.17, 15) is 9.59 Å². The van der Waals surface area contributed by atoms with E-state index in [-0.39, 0.29) is 17.6 Å². The molecule has 1 N–H and O–H groups in total. The van der Waals surface area contributed by atoms with E-state index in [4.69, 9.17) is 4.74 Å². The van der Waals surface area contributed by atoms with Crippen LogP contribution in [0.25, 0.3) is 10.2 Å². The molecular weight excluding hydrogens is 374 g/mol. The average Bonchev–Trinajstić information content (AvgIpc) is 3.37. The van der Waals surface area contributed by atoms with Crippen molar-refractivity contribution in [2.24, 2.45) is 11.8 Å². The maximum absolute atomic E-state index is 13.2. The van der Waals surface area contributed by atoms with Crippen LogP contribution in [0.1, 0.15) is 28.1 Å². The number of benzene rings is 1. The fourth-order valence-electron chi connectivity index (χ4n) is 4.63. The molecule has 28 heavy (non-hydrogen) atoms. The summed E-state index contributed by atoms with van der Waals surface area (Å²) in [7, 11) is 0. The van der Waals surface area contributed by atoms with Crippen LogP contribution in [0.2, 0.25) is 0 Å². The van der Waals surface area contributed by atoms with Crippen molar-refractivity contribution in [1.29, 1.82) is 0 Å². The van der Waals surface area contributed by atoms with Gasteiger partial charge in [-0.3, -0.25) is 9.59 Å². The lowest BCUT2D eigenvalue weighted by Crippen LogP contribution is -2.32. The number of nitrogens with zero attached hydrogens (tertiary/aromatic N) is 2. The predicted octanol–water partition coefficient (Wildman–Crippen LogP) is 3.22. The van der Waals surface area contributed by atoms with Crippen molar-refractivity contribution in [3.63, 3.8) is 0 Å². The van der Waals surface area contributed by atoms with Gasteiger partial charge in [0, 0.05) is 19.0 Å². The summed E-state index contributed by atoms with van der Waals surface area (Å²) in [6.45, 7) is 3.30. The Morgan fingerprint density at radius 2 is 2.07 bits per heavy atom. The molecule has 0 bridgehead atoms. The van der Waals surface area contributed by atoms with E-state index in [0.29, 0.717) is 33.5 Å². The van der Waals surface area contributed by atoms with Crippen LogP contribution < -0.4 is 10.3 Å². The second-order valence-electron chi connectivity index (χ2n) is 7.65. The minimum Gasteiger partial charge on any atom is -0.490 e. The number of ether oxygens (including phenoxy) is 1. The second-order valence-corrected chi connectivity index (χ2v) is 8.65. The zero-order chi connectivity index (χ0) is 19.3. The van der Waals surface area contributed by atoms with Crippen LogP contribution in [0.3, 0.4) is 0 Å². The van der Waals surface area contributed by atoms with Crippen molar-refractivity contribution in [3.8, 4) is 5.75 Å². The van der Waals surface area contributed by atoms with Crippen LogP contribution in [0.5, 0.6) is 5.75 Å². The normalized spacial score (nSPS) is 23.9. The molecule has 2 aliphatic rings. The molecule has 144 valence electrons. The number of aryl methyl sites for hydroxylation is 1. The van der Waals surface area contributed by atoms with Crippen LogP contribution in [0.4, 0.5) is 0 Å². The third-order valence-corrected chi connectivity index (χ3v) is 7.22. The van der Waals surface area contributed by atoms with Crippen molar-refractivity contribution < 1.29 is 9.53 Å². The van der Waals surface area contributed by atoms with Gasteiger partial charge in [-0.1, -0.05) is 18.2 Å². The van der Waals surface area contributed by atoms with Gasteiger partial charge in [0.2, 0.25) is 0 Å². The van der Waals surface area contributed by atoms with E-state index >= 15 is 0 Å². The molecule has 1 aromatic carbocycles. The quantitative estimate of drug-likeness (QED) is 0.739. The zero-order valence-corrected chi connectivity index (χ0v) is 16.4. The molecule has 2 fully saturated rings. The molecule has 3 aromatic rings. The van der Waals surface area contributed by atoms with Crippen LogP contribution in [0, 0.1) is 18.8 Å². The number of carbonyl (C=O) groups excluding carboxylic acids is 1. The fourth-order valence-corrected chi connectivity index (χ4v) is 5.75. The number of rotatable bonds is 3. The Morgan fingerprint density at radius 3 is 2.86 bits per heavy atom. The first-order chi connectivity index (χ1) is 13.6. The molecule has 7 heteroatoms. The highest BCUT2D eigenvalue weighted by atomic mass is 32.1. The number of hydrogen-bond acceptors (Lipinski definition) is 5. The first kappa shape index (κ1) is 17.4. The molecule has 2 aromatic heterocycles. The number of hydrogen-bond donors (Lipinski definition) is 1. The van der Waals surface area contributed by atoms with Gasteiger partial charge in [0.15, 0.2) is 0 Å². The third-order valence-electron chi connectivity index (χ3n) is 6.04. The number of fused-ring (bicyclic) bond motifs is 2. The number of carbonyl (C=O) groups is 1. The van der Waals surface area contributed by atoms with E-state index in [1.165, 1.54) is 17.7 Å². The minimum absolute atomic E-state index is 0.00719. The lowest BCUT2D eigenvalue weighted by molar-refractivity contribution is 0.0766. The van der Waals surface area contributed by atoms with Crippen LogP contribution in [-0.2, 0) is 0 Å². The van der Waals surface area contributed by atoms with Crippen LogP contribution in [0.15, 0.2) is 41.5 Å². The Kier molecular flexibility index (Phi) is 4.19. The number of para-hydroxylation sites is 1. The first-order valence-electron chi connectivity index (χ1n) is 9.59. The lowest BCUT2D eigenvalue weighted by atomic mass is 9.99. The monoisotopic (exact) mass is 395 g/mol. The molecular formula is C21H21N3O3S. The summed E-state index contributed by atoms with van der Waals surface area (Å²) in [5, 5.41) is 0.528. The van der Waals surface area contributed by atoms with Gasteiger partial charge in [-0.05, 0) is 43.4 Å². The predicted molar refractivity (Wildman–Crippen MR) is 108 cm³/mol. The second kappa shape index (κ2) is 6.74. The molecule has 1 aliphatic heterocycles. The molecule has 1 aliphatic carbocycles. The number of thiophene rings is 1. The highest BCUT2D eigenvalue weighted by molar-refractivity contribution is 7.20.